The van der Waals surface area contributed by atoms with Crippen LogP contribution in [0.4, 0.5) is 4.79 Å². The first kappa shape index (κ1) is 12.7. The molecule has 1 aromatic carbocycles. The minimum Gasteiger partial charge on any atom is -0.493 e. The van der Waals surface area contributed by atoms with Crippen molar-refractivity contribution in [1.29, 1.82) is 0 Å². The van der Waals surface area contributed by atoms with E-state index in [-0.39, 0.29) is 12.0 Å². The van der Waals surface area contributed by atoms with Gasteiger partial charge < -0.3 is 15.2 Å². The summed E-state index contributed by atoms with van der Waals surface area (Å²) in [5, 5.41) is 0. The van der Waals surface area contributed by atoms with Crippen LogP contribution in [0, 0.1) is 5.92 Å². The number of benzene rings is 1. The molecule has 1 aliphatic heterocycles. The average molecular weight is 249 g/mol. The quantitative estimate of drug-likeness (QED) is 0.890. The van der Waals surface area contributed by atoms with Crippen molar-refractivity contribution in [1.82, 2.24) is 0 Å². The van der Waals surface area contributed by atoms with E-state index >= 15 is 0 Å². The molecule has 2 N–H and O–H groups in total. The van der Waals surface area contributed by atoms with Gasteiger partial charge in [0.2, 0.25) is 0 Å². The molecule has 0 radical (unpaired) electrons. The summed E-state index contributed by atoms with van der Waals surface area (Å²) in [4.78, 5) is 10.9. The first-order valence-corrected chi connectivity index (χ1v) is 6.27. The van der Waals surface area contributed by atoms with Crippen LogP contribution in [-0.4, -0.2) is 18.8 Å². The summed E-state index contributed by atoms with van der Waals surface area (Å²) < 4.78 is 10.6. The van der Waals surface area contributed by atoms with Crippen molar-refractivity contribution in [3.05, 3.63) is 29.3 Å². The molecular weight excluding hydrogens is 230 g/mol. The van der Waals surface area contributed by atoms with Crippen molar-refractivity contribution >= 4 is 6.09 Å². The topological polar surface area (TPSA) is 61.6 Å². The second-order valence-electron chi connectivity index (χ2n) is 4.96. The number of ether oxygens (including phenoxy) is 2. The first-order chi connectivity index (χ1) is 8.56. The molecule has 0 spiro atoms. The number of carbonyl (C=O) groups is 1. The lowest BCUT2D eigenvalue weighted by molar-refractivity contribution is 0.0788. The summed E-state index contributed by atoms with van der Waals surface area (Å²) in [5.41, 5.74) is 7.48. The molecule has 1 atom stereocenters. The Labute approximate surface area is 107 Å². The van der Waals surface area contributed by atoms with Crippen molar-refractivity contribution in [2.45, 2.75) is 32.8 Å². The van der Waals surface area contributed by atoms with Crippen LogP contribution in [0.2, 0.25) is 0 Å². The second-order valence-corrected chi connectivity index (χ2v) is 4.96. The second kappa shape index (κ2) is 5.29. The van der Waals surface area contributed by atoms with Crippen molar-refractivity contribution < 1.29 is 14.3 Å². The van der Waals surface area contributed by atoms with Crippen molar-refractivity contribution in [2.24, 2.45) is 11.7 Å². The lowest BCUT2D eigenvalue weighted by Crippen LogP contribution is -2.28. The van der Waals surface area contributed by atoms with E-state index in [1.165, 1.54) is 5.56 Å². The molecule has 1 heterocycles. The van der Waals surface area contributed by atoms with Crippen LogP contribution in [-0.2, 0) is 17.6 Å². The summed E-state index contributed by atoms with van der Waals surface area (Å²) in [5.74, 6) is 1.21. The highest BCUT2D eigenvalue weighted by molar-refractivity contribution is 5.64. The number of primary amides is 1. The third kappa shape index (κ3) is 2.94. The molecule has 1 unspecified atom stereocenters. The Bertz CT molecular complexity index is 443. The predicted molar refractivity (Wildman–Crippen MR) is 68.6 cm³/mol. The van der Waals surface area contributed by atoms with E-state index in [9.17, 15) is 4.79 Å². The molecule has 4 heteroatoms. The Balaban J connectivity index is 2.09. The molecule has 0 aliphatic carbocycles. The van der Waals surface area contributed by atoms with Gasteiger partial charge in [-0.25, -0.2) is 4.79 Å². The SMILES string of the molecule is CC(C)C(Cc1ccc2c(c1)CCO2)OC(N)=O. The minimum atomic E-state index is -0.710. The zero-order valence-electron chi connectivity index (χ0n) is 10.8. The maximum Gasteiger partial charge on any atom is 0.404 e. The summed E-state index contributed by atoms with van der Waals surface area (Å²) in [6.07, 6.45) is 0.751. The lowest BCUT2D eigenvalue weighted by Gasteiger charge is -2.20. The Morgan fingerprint density at radius 2 is 2.28 bits per heavy atom. The maximum atomic E-state index is 10.9. The highest BCUT2D eigenvalue weighted by Gasteiger charge is 2.19. The molecule has 1 aromatic rings. The average Bonchev–Trinajstić information content (AvgIpc) is 2.74. The van der Waals surface area contributed by atoms with E-state index in [1.54, 1.807) is 0 Å². The van der Waals surface area contributed by atoms with Gasteiger partial charge in [-0.2, -0.15) is 0 Å². The maximum absolute atomic E-state index is 10.9. The molecule has 0 saturated carbocycles. The normalized spacial score (nSPS) is 15.1. The molecule has 0 aromatic heterocycles. The van der Waals surface area contributed by atoms with Crippen molar-refractivity contribution in [2.75, 3.05) is 6.61 Å². The van der Waals surface area contributed by atoms with E-state index in [2.05, 4.69) is 6.07 Å². The molecular formula is C14H19NO3. The number of rotatable bonds is 4. The van der Waals surface area contributed by atoms with Crippen molar-refractivity contribution in [3.63, 3.8) is 0 Å². The lowest BCUT2D eigenvalue weighted by atomic mass is 9.97. The van der Waals surface area contributed by atoms with Crippen LogP contribution in [0.25, 0.3) is 0 Å². The van der Waals surface area contributed by atoms with E-state index in [1.807, 2.05) is 26.0 Å². The fraction of sp³-hybridized carbons (Fsp3) is 0.500. The standard InChI is InChI=1S/C14H19NO3/c1-9(2)13(18-14(15)16)8-10-3-4-12-11(7-10)5-6-17-12/h3-4,7,9,13H,5-6,8H2,1-2H3,(H2,15,16). The van der Waals surface area contributed by atoms with Gasteiger partial charge >= 0.3 is 6.09 Å². The summed E-state index contributed by atoms with van der Waals surface area (Å²) in [6.45, 7) is 4.79. The first-order valence-electron chi connectivity index (χ1n) is 6.27. The van der Waals surface area contributed by atoms with Crippen LogP contribution in [0.3, 0.4) is 0 Å². The van der Waals surface area contributed by atoms with Crippen LogP contribution < -0.4 is 10.5 Å². The van der Waals surface area contributed by atoms with Gasteiger partial charge in [0, 0.05) is 12.8 Å². The predicted octanol–water partition coefficient (Wildman–Crippen LogP) is 2.28. The van der Waals surface area contributed by atoms with Gasteiger partial charge in [0.1, 0.15) is 11.9 Å². The van der Waals surface area contributed by atoms with Gasteiger partial charge in [0.15, 0.2) is 0 Å². The smallest absolute Gasteiger partial charge is 0.404 e. The molecule has 0 saturated heterocycles. The van der Waals surface area contributed by atoms with Crippen LogP contribution in [0.15, 0.2) is 18.2 Å². The van der Waals surface area contributed by atoms with Crippen molar-refractivity contribution in [3.8, 4) is 5.75 Å². The summed E-state index contributed by atoms with van der Waals surface area (Å²) in [6, 6.07) is 6.13. The van der Waals surface area contributed by atoms with Gasteiger partial charge in [-0.3, -0.25) is 0 Å². The van der Waals surface area contributed by atoms with Crippen LogP contribution >= 0.6 is 0 Å². The summed E-state index contributed by atoms with van der Waals surface area (Å²) in [7, 11) is 0. The zero-order valence-corrected chi connectivity index (χ0v) is 10.8. The van der Waals surface area contributed by atoms with E-state index in [0.717, 1.165) is 24.3 Å². The third-order valence-electron chi connectivity index (χ3n) is 3.20. The molecule has 4 nitrogen and oxygen atoms in total. The number of carbonyl (C=O) groups excluding carboxylic acids is 1. The highest BCUT2D eigenvalue weighted by atomic mass is 16.6. The summed E-state index contributed by atoms with van der Waals surface area (Å²) >= 11 is 0. The van der Waals surface area contributed by atoms with E-state index in [0.29, 0.717) is 6.42 Å². The van der Waals surface area contributed by atoms with Gasteiger partial charge in [-0.05, 0) is 23.1 Å². The van der Waals surface area contributed by atoms with Gasteiger partial charge in [-0.15, -0.1) is 0 Å². The molecule has 18 heavy (non-hydrogen) atoms. The molecule has 0 bridgehead atoms. The molecule has 0 fully saturated rings. The van der Waals surface area contributed by atoms with Gasteiger partial charge in [0.25, 0.3) is 0 Å². The Morgan fingerprint density at radius 1 is 1.50 bits per heavy atom. The van der Waals surface area contributed by atoms with Crippen LogP contribution in [0.1, 0.15) is 25.0 Å². The molecule has 1 aliphatic rings. The number of nitrogens with two attached hydrogens (primary N) is 1. The number of fused-ring (bicyclic) bond motifs is 1. The number of hydrogen-bond acceptors (Lipinski definition) is 3. The molecule has 1 amide bonds. The Hall–Kier alpha value is -1.71. The van der Waals surface area contributed by atoms with Crippen LogP contribution in [0.5, 0.6) is 5.75 Å². The van der Waals surface area contributed by atoms with Gasteiger partial charge in [-0.1, -0.05) is 26.0 Å². The molecule has 2 rings (SSSR count). The fourth-order valence-electron chi connectivity index (χ4n) is 2.16. The zero-order chi connectivity index (χ0) is 13.1. The molecule has 98 valence electrons. The highest BCUT2D eigenvalue weighted by Crippen LogP contribution is 2.27. The third-order valence-corrected chi connectivity index (χ3v) is 3.20. The minimum absolute atomic E-state index is 0.178. The number of hydrogen-bond donors (Lipinski definition) is 1. The van der Waals surface area contributed by atoms with E-state index in [4.69, 9.17) is 15.2 Å². The monoisotopic (exact) mass is 249 g/mol. The largest absolute Gasteiger partial charge is 0.493 e. The number of amides is 1. The van der Waals surface area contributed by atoms with Gasteiger partial charge in [0.05, 0.1) is 6.61 Å². The Kier molecular flexibility index (Phi) is 3.75. The Morgan fingerprint density at radius 3 is 2.94 bits per heavy atom. The van der Waals surface area contributed by atoms with E-state index < -0.39 is 6.09 Å². The fourth-order valence-corrected chi connectivity index (χ4v) is 2.16.